The van der Waals surface area contributed by atoms with E-state index in [1.165, 1.54) is 12.3 Å². The molecule has 0 fully saturated rings. The Kier molecular flexibility index (Phi) is 4.07. The average molecular weight is 243 g/mol. The second-order valence-corrected chi connectivity index (χ2v) is 3.96. The van der Waals surface area contributed by atoms with E-state index in [9.17, 15) is 4.39 Å². The summed E-state index contributed by atoms with van der Waals surface area (Å²) in [7, 11) is 0. The van der Waals surface area contributed by atoms with Gasteiger partial charge in [-0.1, -0.05) is 47.6 Å². The number of oxime groups is 1. The van der Waals surface area contributed by atoms with Crippen molar-refractivity contribution < 1.29 is 9.23 Å². The second-order valence-electron chi connectivity index (χ2n) is 3.96. The van der Waals surface area contributed by atoms with Gasteiger partial charge in [0.2, 0.25) is 0 Å². The van der Waals surface area contributed by atoms with Gasteiger partial charge in [-0.3, -0.25) is 0 Å². The molecular weight excluding hydrogens is 229 g/mol. The molecule has 0 aliphatic rings. The zero-order valence-electron chi connectivity index (χ0n) is 10.1. The Hall–Kier alpha value is -2.16. The van der Waals surface area contributed by atoms with Crippen LogP contribution in [0.15, 0.2) is 53.7 Å². The number of aryl methyl sites for hydroxylation is 1. The van der Waals surface area contributed by atoms with Crippen molar-refractivity contribution in [3.63, 3.8) is 0 Å². The zero-order valence-corrected chi connectivity index (χ0v) is 10.1. The van der Waals surface area contributed by atoms with Gasteiger partial charge in [-0.25, -0.2) is 4.39 Å². The summed E-state index contributed by atoms with van der Waals surface area (Å²) in [6.07, 6.45) is 1.38. The molecular formula is C15H14FNO. The number of nitrogens with zero attached hydrogens (tertiary/aromatic N) is 1. The van der Waals surface area contributed by atoms with Crippen LogP contribution < -0.4 is 0 Å². The van der Waals surface area contributed by atoms with Gasteiger partial charge >= 0.3 is 0 Å². The van der Waals surface area contributed by atoms with Gasteiger partial charge in [-0.05, 0) is 24.1 Å². The molecule has 2 rings (SSSR count). The van der Waals surface area contributed by atoms with Crippen molar-refractivity contribution >= 4 is 6.21 Å². The number of benzene rings is 2. The van der Waals surface area contributed by atoms with Crippen molar-refractivity contribution in [2.24, 2.45) is 5.16 Å². The van der Waals surface area contributed by atoms with Crippen molar-refractivity contribution in [1.29, 1.82) is 0 Å². The third-order valence-corrected chi connectivity index (χ3v) is 2.65. The van der Waals surface area contributed by atoms with Crippen molar-refractivity contribution in [3.8, 4) is 0 Å². The standard InChI is InChI=1S/C15H14FNO/c1-12-6-2-3-8-14(12)11-18-17-10-13-7-4-5-9-15(13)16/h2-10H,11H2,1H3. The van der Waals surface area contributed by atoms with Crippen LogP contribution in [-0.2, 0) is 11.4 Å². The summed E-state index contributed by atoms with van der Waals surface area (Å²) in [5.41, 5.74) is 2.64. The molecule has 0 radical (unpaired) electrons. The molecule has 2 aromatic rings. The topological polar surface area (TPSA) is 21.6 Å². The van der Waals surface area contributed by atoms with Gasteiger partial charge < -0.3 is 4.84 Å². The van der Waals surface area contributed by atoms with Gasteiger partial charge in [0.1, 0.15) is 12.4 Å². The van der Waals surface area contributed by atoms with Gasteiger partial charge in [0, 0.05) is 5.56 Å². The van der Waals surface area contributed by atoms with Crippen LogP contribution in [0.3, 0.4) is 0 Å². The molecule has 0 unspecified atom stereocenters. The van der Waals surface area contributed by atoms with E-state index >= 15 is 0 Å². The van der Waals surface area contributed by atoms with Gasteiger partial charge in [0.15, 0.2) is 0 Å². The molecule has 0 saturated heterocycles. The third kappa shape index (κ3) is 3.17. The fraction of sp³-hybridized carbons (Fsp3) is 0.133. The molecule has 2 aromatic carbocycles. The summed E-state index contributed by atoms with van der Waals surface area (Å²) in [5.74, 6) is -0.305. The van der Waals surface area contributed by atoms with E-state index in [0.717, 1.165) is 11.1 Å². The summed E-state index contributed by atoms with van der Waals surface area (Å²) in [6.45, 7) is 2.40. The molecule has 0 spiro atoms. The highest BCUT2D eigenvalue weighted by atomic mass is 19.1. The quantitative estimate of drug-likeness (QED) is 0.593. The first-order valence-corrected chi connectivity index (χ1v) is 5.72. The lowest BCUT2D eigenvalue weighted by atomic mass is 10.1. The first-order valence-electron chi connectivity index (χ1n) is 5.72. The molecule has 0 saturated carbocycles. The molecule has 0 atom stereocenters. The maximum Gasteiger partial charge on any atom is 0.142 e. The average Bonchev–Trinajstić information content (AvgIpc) is 2.38. The molecule has 18 heavy (non-hydrogen) atoms. The van der Waals surface area contributed by atoms with E-state index < -0.39 is 0 Å². The fourth-order valence-electron chi connectivity index (χ4n) is 1.55. The van der Waals surface area contributed by atoms with Crippen molar-refractivity contribution in [2.45, 2.75) is 13.5 Å². The predicted octanol–water partition coefficient (Wildman–Crippen LogP) is 3.68. The van der Waals surface area contributed by atoms with Gasteiger partial charge in [0.05, 0.1) is 6.21 Å². The van der Waals surface area contributed by atoms with E-state index in [0.29, 0.717) is 12.2 Å². The molecule has 0 N–H and O–H groups in total. The molecule has 0 heterocycles. The van der Waals surface area contributed by atoms with Crippen molar-refractivity contribution in [2.75, 3.05) is 0 Å². The van der Waals surface area contributed by atoms with Gasteiger partial charge in [-0.2, -0.15) is 0 Å². The zero-order chi connectivity index (χ0) is 12.8. The maximum atomic E-state index is 13.3. The summed E-state index contributed by atoms with van der Waals surface area (Å²) in [5, 5.41) is 3.77. The Morgan fingerprint density at radius 2 is 1.83 bits per heavy atom. The Bertz CT molecular complexity index is 552. The van der Waals surface area contributed by atoms with Crippen LogP contribution in [0.4, 0.5) is 4.39 Å². The molecule has 3 heteroatoms. The number of rotatable bonds is 4. The first-order chi connectivity index (χ1) is 8.77. The molecule has 2 nitrogen and oxygen atoms in total. The van der Waals surface area contributed by atoms with Crippen LogP contribution in [-0.4, -0.2) is 6.21 Å². The molecule has 0 aliphatic carbocycles. The third-order valence-electron chi connectivity index (χ3n) is 2.65. The largest absolute Gasteiger partial charge is 0.391 e. The minimum atomic E-state index is -0.305. The lowest BCUT2D eigenvalue weighted by molar-refractivity contribution is 0.131. The highest BCUT2D eigenvalue weighted by Crippen LogP contribution is 2.08. The monoisotopic (exact) mass is 243 g/mol. The molecule has 0 aliphatic heterocycles. The Labute approximate surface area is 106 Å². The Morgan fingerprint density at radius 3 is 2.61 bits per heavy atom. The van der Waals surface area contributed by atoms with Gasteiger partial charge in [0.25, 0.3) is 0 Å². The van der Waals surface area contributed by atoms with Crippen LogP contribution in [0.25, 0.3) is 0 Å². The highest BCUT2D eigenvalue weighted by molar-refractivity contribution is 5.79. The lowest BCUT2D eigenvalue weighted by Crippen LogP contribution is -1.92. The van der Waals surface area contributed by atoms with E-state index in [1.807, 2.05) is 31.2 Å². The highest BCUT2D eigenvalue weighted by Gasteiger charge is 1.98. The Balaban J connectivity index is 1.93. The van der Waals surface area contributed by atoms with E-state index in [-0.39, 0.29) is 5.82 Å². The molecule has 0 amide bonds. The van der Waals surface area contributed by atoms with Crippen molar-refractivity contribution in [1.82, 2.24) is 0 Å². The van der Waals surface area contributed by atoms with Crippen LogP contribution in [0.5, 0.6) is 0 Å². The van der Waals surface area contributed by atoms with Crippen LogP contribution in [0.1, 0.15) is 16.7 Å². The van der Waals surface area contributed by atoms with E-state index in [4.69, 9.17) is 4.84 Å². The fourth-order valence-corrected chi connectivity index (χ4v) is 1.55. The molecule has 0 aromatic heterocycles. The normalized spacial score (nSPS) is 10.8. The van der Waals surface area contributed by atoms with Crippen molar-refractivity contribution in [3.05, 3.63) is 71.0 Å². The lowest BCUT2D eigenvalue weighted by Gasteiger charge is -2.03. The Morgan fingerprint density at radius 1 is 1.11 bits per heavy atom. The van der Waals surface area contributed by atoms with E-state index in [1.54, 1.807) is 18.2 Å². The summed E-state index contributed by atoms with van der Waals surface area (Å²) < 4.78 is 13.3. The summed E-state index contributed by atoms with van der Waals surface area (Å²) in [6, 6.07) is 14.4. The second kappa shape index (κ2) is 5.96. The minimum Gasteiger partial charge on any atom is -0.391 e. The van der Waals surface area contributed by atoms with Gasteiger partial charge in [-0.15, -0.1) is 0 Å². The first kappa shape index (κ1) is 12.3. The minimum absolute atomic E-state index is 0.305. The summed E-state index contributed by atoms with van der Waals surface area (Å²) >= 11 is 0. The van der Waals surface area contributed by atoms with E-state index in [2.05, 4.69) is 5.16 Å². The van der Waals surface area contributed by atoms with Crippen LogP contribution in [0.2, 0.25) is 0 Å². The van der Waals surface area contributed by atoms with Crippen LogP contribution >= 0.6 is 0 Å². The maximum absolute atomic E-state index is 13.3. The number of hydrogen-bond donors (Lipinski definition) is 0. The summed E-state index contributed by atoms with van der Waals surface area (Å²) in [4.78, 5) is 5.16. The predicted molar refractivity (Wildman–Crippen MR) is 70.0 cm³/mol. The SMILES string of the molecule is Cc1ccccc1CON=Cc1ccccc1F. The number of hydrogen-bond acceptors (Lipinski definition) is 2. The molecule has 92 valence electrons. The van der Waals surface area contributed by atoms with Crippen LogP contribution in [0, 0.1) is 12.7 Å². The number of halogens is 1. The smallest absolute Gasteiger partial charge is 0.142 e. The molecule has 0 bridgehead atoms.